The summed E-state index contributed by atoms with van der Waals surface area (Å²) >= 11 is 0. The fraction of sp³-hybridized carbons (Fsp3) is 0.875. The first-order chi connectivity index (χ1) is 7.63. The van der Waals surface area contributed by atoms with E-state index in [9.17, 15) is 0 Å². The molecule has 0 aliphatic heterocycles. The van der Waals surface area contributed by atoms with Crippen molar-refractivity contribution in [1.82, 2.24) is 0 Å². The minimum atomic E-state index is 0.812. The molecule has 96 valence electrons. The van der Waals surface area contributed by atoms with E-state index in [2.05, 4.69) is 39.8 Å². The van der Waals surface area contributed by atoms with Crippen molar-refractivity contribution in [1.29, 1.82) is 0 Å². The molecule has 0 atom stereocenters. The Labute approximate surface area is 104 Å². The van der Waals surface area contributed by atoms with Crippen LogP contribution < -0.4 is 0 Å². The molecule has 0 unspecified atom stereocenters. The Kier molecular flexibility index (Phi) is 11.0. The molecule has 0 amide bonds. The number of hydrogen-bond acceptors (Lipinski definition) is 0. The normalized spacial score (nSPS) is 12.1. The molecule has 0 rings (SSSR count). The molecule has 0 aromatic heterocycles. The van der Waals surface area contributed by atoms with Crippen LogP contribution in [0.15, 0.2) is 12.2 Å². The highest BCUT2D eigenvalue weighted by Gasteiger charge is 1.94. The molecule has 0 heterocycles. The van der Waals surface area contributed by atoms with Gasteiger partial charge >= 0.3 is 0 Å². The fourth-order valence-electron chi connectivity index (χ4n) is 1.83. The lowest BCUT2D eigenvalue weighted by Crippen LogP contribution is -1.87. The Morgan fingerprint density at radius 3 is 1.94 bits per heavy atom. The first-order valence-corrected chi connectivity index (χ1v) is 7.28. The van der Waals surface area contributed by atoms with Gasteiger partial charge in [-0.05, 0) is 31.1 Å². The SMILES string of the molecule is CC(C)CC=CCCCCCCCC(C)C. The molecule has 0 nitrogen and oxygen atoms in total. The molecule has 0 aromatic carbocycles. The quantitative estimate of drug-likeness (QED) is 0.316. The van der Waals surface area contributed by atoms with Crippen LogP contribution in [0.1, 0.15) is 79.1 Å². The molecule has 0 fully saturated rings. The van der Waals surface area contributed by atoms with Gasteiger partial charge < -0.3 is 0 Å². The average Bonchev–Trinajstić information content (AvgIpc) is 2.20. The molecule has 0 saturated heterocycles. The Hall–Kier alpha value is -0.260. The van der Waals surface area contributed by atoms with Crippen molar-refractivity contribution < 1.29 is 0 Å². The van der Waals surface area contributed by atoms with Crippen LogP contribution in [-0.2, 0) is 0 Å². The van der Waals surface area contributed by atoms with Crippen LogP contribution in [-0.4, -0.2) is 0 Å². The van der Waals surface area contributed by atoms with Gasteiger partial charge in [0.1, 0.15) is 0 Å². The second-order valence-electron chi connectivity index (χ2n) is 5.84. The molecule has 0 heteroatoms. The van der Waals surface area contributed by atoms with Gasteiger partial charge in [0.2, 0.25) is 0 Å². The van der Waals surface area contributed by atoms with Crippen molar-refractivity contribution >= 4 is 0 Å². The van der Waals surface area contributed by atoms with E-state index in [0.29, 0.717) is 0 Å². The first kappa shape index (κ1) is 15.7. The topological polar surface area (TPSA) is 0 Å². The van der Waals surface area contributed by atoms with E-state index >= 15 is 0 Å². The van der Waals surface area contributed by atoms with E-state index in [1.807, 2.05) is 0 Å². The number of rotatable bonds is 10. The molecule has 0 aliphatic rings. The predicted molar refractivity (Wildman–Crippen MR) is 75.8 cm³/mol. The lowest BCUT2D eigenvalue weighted by atomic mass is 10.0. The van der Waals surface area contributed by atoms with Gasteiger partial charge in [0.05, 0.1) is 0 Å². The van der Waals surface area contributed by atoms with Crippen molar-refractivity contribution in [3.63, 3.8) is 0 Å². The Bertz CT molecular complexity index is 153. The van der Waals surface area contributed by atoms with Gasteiger partial charge in [-0.3, -0.25) is 0 Å². The molecule has 0 saturated carbocycles. The molecule has 0 spiro atoms. The molecule has 16 heavy (non-hydrogen) atoms. The van der Waals surface area contributed by atoms with E-state index in [4.69, 9.17) is 0 Å². The van der Waals surface area contributed by atoms with Gasteiger partial charge in [0.25, 0.3) is 0 Å². The van der Waals surface area contributed by atoms with Crippen LogP contribution in [0.2, 0.25) is 0 Å². The zero-order valence-electron chi connectivity index (χ0n) is 12.0. The van der Waals surface area contributed by atoms with Crippen LogP contribution in [0.4, 0.5) is 0 Å². The first-order valence-electron chi connectivity index (χ1n) is 7.28. The number of allylic oxidation sites excluding steroid dienone is 2. The summed E-state index contributed by atoms with van der Waals surface area (Å²) in [5.74, 6) is 1.70. The molecule has 0 N–H and O–H groups in total. The van der Waals surface area contributed by atoms with E-state index in [0.717, 1.165) is 11.8 Å². The Morgan fingerprint density at radius 2 is 1.31 bits per heavy atom. The molecule has 0 bridgehead atoms. The van der Waals surface area contributed by atoms with Gasteiger partial charge in [-0.15, -0.1) is 0 Å². The highest BCUT2D eigenvalue weighted by atomic mass is 14.0. The predicted octanol–water partition coefficient (Wildman–Crippen LogP) is 5.98. The van der Waals surface area contributed by atoms with Crippen molar-refractivity contribution in [3.8, 4) is 0 Å². The molecule has 0 aromatic rings. The second kappa shape index (κ2) is 11.2. The van der Waals surface area contributed by atoms with Crippen molar-refractivity contribution in [2.75, 3.05) is 0 Å². The van der Waals surface area contributed by atoms with E-state index < -0.39 is 0 Å². The van der Waals surface area contributed by atoms with E-state index in [1.165, 1.54) is 51.4 Å². The van der Waals surface area contributed by atoms with E-state index in [1.54, 1.807) is 0 Å². The molecular formula is C16H32. The summed E-state index contributed by atoms with van der Waals surface area (Å²) in [4.78, 5) is 0. The second-order valence-corrected chi connectivity index (χ2v) is 5.84. The zero-order chi connectivity index (χ0) is 12.2. The summed E-state index contributed by atoms with van der Waals surface area (Å²) in [6, 6.07) is 0. The lowest BCUT2D eigenvalue weighted by Gasteiger charge is -2.03. The third-order valence-electron chi connectivity index (χ3n) is 2.93. The van der Waals surface area contributed by atoms with Gasteiger partial charge in [-0.1, -0.05) is 72.0 Å². The summed E-state index contributed by atoms with van der Waals surface area (Å²) in [6.45, 7) is 9.19. The van der Waals surface area contributed by atoms with Crippen LogP contribution in [0.25, 0.3) is 0 Å². The van der Waals surface area contributed by atoms with Crippen LogP contribution in [0.3, 0.4) is 0 Å². The Balaban J connectivity index is 3.07. The summed E-state index contributed by atoms with van der Waals surface area (Å²) in [7, 11) is 0. The number of unbranched alkanes of at least 4 members (excludes halogenated alkanes) is 5. The average molecular weight is 224 g/mol. The minimum Gasteiger partial charge on any atom is -0.0885 e. The highest BCUT2D eigenvalue weighted by molar-refractivity contribution is 4.82. The van der Waals surface area contributed by atoms with Crippen LogP contribution >= 0.6 is 0 Å². The lowest BCUT2D eigenvalue weighted by molar-refractivity contribution is 0.516. The fourth-order valence-corrected chi connectivity index (χ4v) is 1.83. The van der Waals surface area contributed by atoms with Crippen molar-refractivity contribution in [3.05, 3.63) is 12.2 Å². The third-order valence-corrected chi connectivity index (χ3v) is 2.93. The molecule has 0 aliphatic carbocycles. The summed E-state index contributed by atoms with van der Waals surface area (Å²) < 4.78 is 0. The van der Waals surface area contributed by atoms with Crippen LogP contribution in [0, 0.1) is 11.8 Å². The summed E-state index contributed by atoms with van der Waals surface area (Å²) in [6.07, 6.45) is 15.8. The maximum atomic E-state index is 2.37. The number of hydrogen-bond donors (Lipinski definition) is 0. The maximum Gasteiger partial charge on any atom is -0.0327 e. The summed E-state index contributed by atoms with van der Waals surface area (Å²) in [5, 5.41) is 0. The molecule has 0 radical (unpaired) electrons. The van der Waals surface area contributed by atoms with Gasteiger partial charge in [-0.25, -0.2) is 0 Å². The Morgan fingerprint density at radius 1 is 0.688 bits per heavy atom. The van der Waals surface area contributed by atoms with Crippen molar-refractivity contribution in [2.45, 2.75) is 79.1 Å². The zero-order valence-corrected chi connectivity index (χ0v) is 12.0. The molecular weight excluding hydrogens is 192 g/mol. The highest BCUT2D eigenvalue weighted by Crippen LogP contribution is 2.11. The minimum absolute atomic E-state index is 0.812. The third kappa shape index (κ3) is 13.7. The van der Waals surface area contributed by atoms with Gasteiger partial charge in [0, 0.05) is 0 Å². The van der Waals surface area contributed by atoms with E-state index in [-0.39, 0.29) is 0 Å². The van der Waals surface area contributed by atoms with Gasteiger partial charge in [0.15, 0.2) is 0 Å². The summed E-state index contributed by atoms with van der Waals surface area (Å²) in [5.41, 5.74) is 0. The van der Waals surface area contributed by atoms with Crippen LogP contribution in [0.5, 0.6) is 0 Å². The maximum absolute atomic E-state index is 2.37. The standard InChI is InChI=1S/C16H32/c1-15(2)13-11-9-7-5-6-8-10-12-14-16(3)4/h9,11,15-16H,5-8,10,12-14H2,1-4H3. The van der Waals surface area contributed by atoms with Gasteiger partial charge in [-0.2, -0.15) is 0 Å². The van der Waals surface area contributed by atoms with Crippen molar-refractivity contribution in [2.24, 2.45) is 11.8 Å². The smallest absolute Gasteiger partial charge is 0.0327 e. The monoisotopic (exact) mass is 224 g/mol. The largest absolute Gasteiger partial charge is 0.0885 e.